The Balaban J connectivity index is 1.42. The quantitative estimate of drug-likeness (QED) is 0.322. The molecule has 0 aromatic heterocycles. The number of likely N-dealkylation sites (N-methyl/N-ethyl adjacent to an activating group) is 1. The summed E-state index contributed by atoms with van der Waals surface area (Å²) in [7, 11) is 2.07. The Kier molecular flexibility index (Phi) is 11.1. The topological polar surface area (TPSA) is 132 Å². The number of nitrogens with one attached hydrogen (secondary N) is 2. The Bertz CT molecular complexity index is 909. The first-order chi connectivity index (χ1) is 19.5. The Hall–Kier alpha value is -1.73. The molecule has 6 N–H and O–H groups in total. The molecule has 3 fully saturated rings. The van der Waals surface area contributed by atoms with Crippen LogP contribution in [0.1, 0.15) is 52.4 Å². The van der Waals surface area contributed by atoms with Crippen molar-refractivity contribution in [3.63, 3.8) is 0 Å². The number of nitrogens with zero attached hydrogens (tertiary/aromatic N) is 4. The van der Waals surface area contributed by atoms with E-state index in [2.05, 4.69) is 46.3 Å². The highest BCUT2D eigenvalue weighted by Crippen LogP contribution is 2.38. The van der Waals surface area contributed by atoms with Crippen LogP contribution in [-0.2, 0) is 9.59 Å². The fraction of sp³-hybridized carbons (Fsp3) is 0.897. The molecule has 7 atom stereocenters. The van der Waals surface area contributed by atoms with E-state index in [1.807, 2.05) is 4.90 Å². The fourth-order valence-corrected chi connectivity index (χ4v) is 7.07. The lowest BCUT2D eigenvalue weighted by molar-refractivity contribution is -0.139. The van der Waals surface area contributed by atoms with Gasteiger partial charge < -0.3 is 31.9 Å². The summed E-state index contributed by atoms with van der Waals surface area (Å²) in [6.45, 7) is 9.25. The minimum absolute atomic E-state index is 0.0496. The number of rotatable bonds is 7. The number of piperidine rings is 2. The molecular weight excluding hydrogens is 530 g/mol. The van der Waals surface area contributed by atoms with Gasteiger partial charge in [-0.05, 0) is 57.7 Å². The lowest BCUT2D eigenvalue weighted by Crippen LogP contribution is -2.67. The van der Waals surface area contributed by atoms with Gasteiger partial charge in [0.15, 0.2) is 0 Å². The maximum Gasteiger partial charge on any atom is 0.228 e. The molecule has 4 heterocycles. The fourth-order valence-electron chi connectivity index (χ4n) is 7.07. The van der Waals surface area contributed by atoms with Gasteiger partial charge in [-0.1, -0.05) is 20.3 Å². The molecule has 12 heteroatoms. The SMILES string of the molecule is CC[C@]1(C)CCC(F)C=NC(C(C(=O)NC2CNCC(F)C2N2CCC(C(=O)N3CCN(C)CC3)CC2)C(N)N)C1. The third-order valence-electron chi connectivity index (χ3n) is 10.1. The summed E-state index contributed by atoms with van der Waals surface area (Å²) in [5.41, 5.74) is 12.1. The molecule has 2 amide bonds. The summed E-state index contributed by atoms with van der Waals surface area (Å²) in [4.78, 5) is 37.6. The zero-order chi connectivity index (χ0) is 29.7. The normalized spacial score (nSPS) is 35.6. The molecule has 0 aromatic carbocycles. The highest BCUT2D eigenvalue weighted by Gasteiger charge is 2.44. The maximum atomic E-state index is 15.5. The molecule has 0 saturated carbocycles. The molecular formula is C29H52F2N8O2. The van der Waals surface area contributed by atoms with E-state index in [1.165, 1.54) is 6.21 Å². The van der Waals surface area contributed by atoms with E-state index < -0.39 is 42.6 Å². The zero-order valence-electron chi connectivity index (χ0n) is 25.1. The number of carbonyl (C=O) groups is 2. The summed E-state index contributed by atoms with van der Waals surface area (Å²) in [6.07, 6.45) is 1.77. The van der Waals surface area contributed by atoms with Gasteiger partial charge in [-0.3, -0.25) is 19.5 Å². The molecule has 4 aliphatic heterocycles. The average molecular weight is 583 g/mol. The van der Waals surface area contributed by atoms with Gasteiger partial charge in [-0.15, -0.1) is 0 Å². The van der Waals surface area contributed by atoms with Crippen LogP contribution in [-0.4, -0.2) is 129 Å². The number of carbonyl (C=O) groups excluding carboxylic acids is 2. The Morgan fingerprint density at radius 2 is 1.78 bits per heavy atom. The van der Waals surface area contributed by atoms with E-state index in [9.17, 15) is 14.0 Å². The van der Waals surface area contributed by atoms with Gasteiger partial charge in [-0.25, -0.2) is 8.78 Å². The van der Waals surface area contributed by atoms with Gasteiger partial charge >= 0.3 is 0 Å². The van der Waals surface area contributed by atoms with E-state index in [1.54, 1.807) is 0 Å². The summed E-state index contributed by atoms with van der Waals surface area (Å²) in [6, 6.07) is -1.58. The minimum atomic E-state index is -1.18. The number of likely N-dealkylation sites (tertiary alicyclic amines) is 1. The van der Waals surface area contributed by atoms with Gasteiger partial charge in [0.1, 0.15) is 12.3 Å². The van der Waals surface area contributed by atoms with Crippen LogP contribution in [0, 0.1) is 17.3 Å². The van der Waals surface area contributed by atoms with Crippen LogP contribution in [0.25, 0.3) is 0 Å². The van der Waals surface area contributed by atoms with Crippen LogP contribution in [0.15, 0.2) is 4.99 Å². The molecule has 0 spiro atoms. The first-order valence-electron chi connectivity index (χ1n) is 15.6. The predicted octanol–water partition coefficient (Wildman–Crippen LogP) is 0.505. The summed E-state index contributed by atoms with van der Waals surface area (Å²) in [5, 5.41) is 6.17. The van der Waals surface area contributed by atoms with Crippen molar-refractivity contribution in [1.82, 2.24) is 25.3 Å². The summed E-state index contributed by atoms with van der Waals surface area (Å²) < 4.78 is 29.9. The van der Waals surface area contributed by atoms with Crippen LogP contribution in [0.3, 0.4) is 0 Å². The Morgan fingerprint density at radius 3 is 2.41 bits per heavy atom. The van der Waals surface area contributed by atoms with Gasteiger partial charge in [0.2, 0.25) is 11.8 Å². The number of piperazine rings is 1. The highest BCUT2D eigenvalue weighted by molar-refractivity contribution is 5.81. The van der Waals surface area contributed by atoms with Gasteiger partial charge in [0.05, 0.1) is 30.2 Å². The number of alkyl halides is 2. The number of aliphatic imine (C=N–C) groups is 1. The lowest BCUT2D eigenvalue weighted by atomic mass is 9.73. The number of hydrogen-bond donors (Lipinski definition) is 4. The van der Waals surface area contributed by atoms with Crippen LogP contribution in [0.2, 0.25) is 0 Å². The Morgan fingerprint density at radius 1 is 1.10 bits per heavy atom. The first-order valence-corrected chi connectivity index (χ1v) is 15.6. The molecule has 3 saturated heterocycles. The standard InChI is InChI=1S/C29H52F2N8O2/c1-4-29(2)8-5-20(30)16-35-22(15-29)24(26(32)33)27(40)36-23-18-34-17-21(31)25(23)38-9-6-19(7-10-38)28(41)39-13-11-37(3)12-14-39/h16,19-26,34H,4-15,17-18,32-33H2,1-3H3,(H,36,40)/t20?,21?,22?,23?,24?,25?,29-/m1/s1. The zero-order valence-corrected chi connectivity index (χ0v) is 25.1. The van der Waals surface area contributed by atoms with Crippen molar-refractivity contribution >= 4 is 18.0 Å². The third kappa shape index (κ3) is 8.01. The molecule has 234 valence electrons. The number of hydrogen-bond acceptors (Lipinski definition) is 8. The molecule has 6 unspecified atom stereocenters. The van der Waals surface area contributed by atoms with E-state index in [0.29, 0.717) is 51.7 Å². The van der Waals surface area contributed by atoms with Crippen molar-refractivity contribution in [3.05, 3.63) is 0 Å². The van der Waals surface area contributed by atoms with Crippen molar-refractivity contribution in [1.29, 1.82) is 0 Å². The van der Waals surface area contributed by atoms with Crippen LogP contribution >= 0.6 is 0 Å². The van der Waals surface area contributed by atoms with Crippen LogP contribution in [0.5, 0.6) is 0 Å². The van der Waals surface area contributed by atoms with Gasteiger partial charge in [0.25, 0.3) is 0 Å². The lowest BCUT2D eigenvalue weighted by Gasteiger charge is -2.46. The molecule has 10 nitrogen and oxygen atoms in total. The number of nitrogens with two attached hydrogens (primary N) is 2. The highest BCUT2D eigenvalue weighted by atomic mass is 19.1. The molecule has 4 aliphatic rings. The first kappa shape index (κ1) is 32.2. The van der Waals surface area contributed by atoms with Gasteiger partial charge in [-0.2, -0.15) is 0 Å². The van der Waals surface area contributed by atoms with Crippen LogP contribution in [0.4, 0.5) is 8.78 Å². The van der Waals surface area contributed by atoms with Crippen molar-refractivity contribution in [2.24, 2.45) is 33.7 Å². The van der Waals surface area contributed by atoms with Crippen LogP contribution < -0.4 is 22.1 Å². The average Bonchev–Trinajstić information content (AvgIpc) is 2.94. The molecule has 41 heavy (non-hydrogen) atoms. The second-order valence-corrected chi connectivity index (χ2v) is 13.1. The molecule has 0 radical (unpaired) electrons. The van der Waals surface area contributed by atoms with E-state index in [-0.39, 0.29) is 29.7 Å². The third-order valence-corrected chi connectivity index (χ3v) is 10.1. The van der Waals surface area contributed by atoms with Gasteiger partial charge in [0, 0.05) is 51.4 Å². The van der Waals surface area contributed by atoms with E-state index in [4.69, 9.17) is 11.5 Å². The number of amides is 2. The second kappa shape index (κ2) is 14.2. The number of halogens is 2. The van der Waals surface area contributed by atoms with Crippen molar-refractivity contribution < 1.29 is 18.4 Å². The largest absolute Gasteiger partial charge is 0.350 e. The molecule has 0 bridgehead atoms. The minimum Gasteiger partial charge on any atom is -0.350 e. The van der Waals surface area contributed by atoms with E-state index in [0.717, 1.165) is 32.6 Å². The predicted molar refractivity (Wildman–Crippen MR) is 157 cm³/mol. The second-order valence-electron chi connectivity index (χ2n) is 13.1. The monoisotopic (exact) mass is 582 g/mol. The smallest absolute Gasteiger partial charge is 0.228 e. The Labute approximate surface area is 244 Å². The maximum absolute atomic E-state index is 15.5. The summed E-state index contributed by atoms with van der Waals surface area (Å²) >= 11 is 0. The van der Waals surface area contributed by atoms with Crippen molar-refractivity contribution in [2.75, 3.05) is 59.4 Å². The van der Waals surface area contributed by atoms with E-state index >= 15 is 4.39 Å². The molecule has 4 rings (SSSR count). The molecule has 0 aromatic rings. The molecule has 0 aliphatic carbocycles. The van der Waals surface area contributed by atoms with Crippen molar-refractivity contribution in [2.45, 2.75) is 89.0 Å². The summed E-state index contributed by atoms with van der Waals surface area (Å²) in [5.74, 6) is -1.08. The van der Waals surface area contributed by atoms with Crippen molar-refractivity contribution in [3.8, 4) is 0 Å².